The van der Waals surface area contributed by atoms with Crippen molar-refractivity contribution in [2.45, 2.75) is 84.8 Å². The maximum Gasteiger partial charge on any atom is 0.326 e. The molecule has 0 aliphatic carbocycles. The zero-order valence-corrected chi connectivity index (χ0v) is 17.1. The fourth-order valence-corrected chi connectivity index (χ4v) is 3.53. The van der Waals surface area contributed by atoms with Gasteiger partial charge in [0.2, 0.25) is 5.91 Å². The van der Waals surface area contributed by atoms with Gasteiger partial charge in [-0.15, -0.1) is 0 Å². The first-order chi connectivity index (χ1) is 10.1. The summed E-state index contributed by atoms with van der Waals surface area (Å²) in [5, 5.41) is 0.0550. The minimum atomic E-state index is -2.01. The summed E-state index contributed by atoms with van der Waals surface area (Å²) in [6.07, 6.45) is 0.305. The zero-order valence-electron chi connectivity index (χ0n) is 16.1. The van der Waals surface area contributed by atoms with Gasteiger partial charge >= 0.3 is 5.97 Å². The Hall–Kier alpha value is -0.883. The Labute approximate surface area is 141 Å². The molecule has 2 unspecified atom stereocenters. The Morgan fingerprint density at radius 3 is 2.17 bits per heavy atom. The molecular formula is C17H33NO4Si. The third-order valence-corrected chi connectivity index (χ3v) is 9.04. The van der Waals surface area contributed by atoms with Crippen LogP contribution in [0.25, 0.3) is 0 Å². The summed E-state index contributed by atoms with van der Waals surface area (Å²) in [5.41, 5.74) is -0.554. The second-order valence-corrected chi connectivity index (χ2v) is 13.8. The molecule has 0 radical (unpaired) electrons. The lowest BCUT2D eigenvalue weighted by Crippen LogP contribution is -2.49. The van der Waals surface area contributed by atoms with Crippen molar-refractivity contribution in [1.82, 2.24) is 4.90 Å². The molecule has 2 atom stereocenters. The Kier molecular flexibility index (Phi) is 5.74. The number of amides is 1. The van der Waals surface area contributed by atoms with Gasteiger partial charge in [0.15, 0.2) is 8.32 Å². The van der Waals surface area contributed by atoms with Crippen LogP contribution < -0.4 is 0 Å². The molecule has 1 rings (SSSR count). The number of nitrogens with zero attached hydrogens (tertiary/aromatic N) is 1. The van der Waals surface area contributed by atoms with Gasteiger partial charge in [0.1, 0.15) is 18.4 Å². The fraction of sp³-hybridized carbons (Fsp3) is 0.882. The SMILES string of the molecule is CC1CC(O[Si](C)(C)C(C)(C)C)N(CC(=O)OC(C)(C)C)C1=O. The third-order valence-electron chi connectivity index (χ3n) is 4.56. The minimum Gasteiger partial charge on any atom is -0.459 e. The van der Waals surface area contributed by atoms with E-state index in [0.717, 1.165) is 0 Å². The molecule has 5 nitrogen and oxygen atoms in total. The molecule has 0 N–H and O–H groups in total. The predicted molar refractivity (Wildman–Crippen MR) is 93.4 cm³/mol. The Morgan fingerprint density at radius 2 is 1.74 bits per heavy atom. The molecule has 0 aromatic rings. The standard InChI is InChI=1S/C17H33NO4Si/c1-12-10-13(22-23(8,9)17(5,6)7)18(15(12)20)11-14(19)21-16(2,3)4/h12-13H,10-11H2,1-9H3. The Bertz CT molecular complexity index is 462. The summed E-state index contributed by atoms with van der Waals surface area (Å²) in [6, 6.07) is 0. The first kappa shape index (κ1) is 20.2. The van der Waals surface area contributed by atoms with Gasteiger partial charge < -0.3 is 14.1 Å². The maximum atomic E-state index is 12.4. The lowest BCUT2D eigenvalue weighted by molar-refractivity contribution is -0.161. The van der Waals surface area contributed by atoms with E-state index in [-0.39, 0.29) is 35.6 Å². The summed E-state index contributed by atoms with van der Waals surface area (Å²) < 4.78 is 11.7. The van der Waals surface area contributed by atoms with Crippen molar-refractivity contribution in [3.63, 3.8) is 0 Å². The molecule has 0 saturated carbocycles. The summed E-state index contributed by atoms with van der Waals surface area (Å²) in [6.45, 7) is 18.1. The number of carbonyl (C=O) groups excluding carboxylic acids is 2. The van der Waals surface area contributed by atoms with Crippen molar-refractivity contribution in [1.29, 1.82) is 0 Å². The van der Waals surface area contributed by atoms with E-state index in [1.165, 1.54) is 0 Å². The van der Waals surface area contributed by atoms with Gasteiger partial charge in [-0.2, -0.15) is 0 Å². The third kappa shape index (κ3) is 5.31. The molecule has 0 aromatic carbocycles. The molecule has 1 amide bonds. The van der Waals surface area contributed by atoms with Crippen molar-refractivity contribution >= 4 is 20.2 Å². The highest BCUT2D eigenvalue weighted by atomic mass is 28.4. The van der Waals surface area contributed by atoms with E-state index >= 15 is 0 Å². The van der Waals surface area contributed by atoms with Gasteiger partial charge in [0, 0.05) is 12.3 Å². The largest absolute Gasteiger partial charge is 0.459 e. The maximum absolute atomic E-state index is 12.4. The Balaban J connectivity index is 2.86. The van der Waals surface area contributed by atoms with Crippen LogP contribution in [0, 0.1) is 5.92 Å². The Morgan fingerprint density at radius 1 is 1.22 bits per heavy atom. The molecule has 0 bridgehead atoms. The summed E-state index contributed by atoms with van der Waals surface area (Å²) in [7, 11) is -2.01. The molecule has 0 spiro atoms. The van der Waals surface area contributed by atoms with Crippen LogP contribution in [-0.4, -0.2) is 43.5 Å². The molecule has 23 heavy (non-hydrogen) atoms. The van der Waals surface area contributed by atoms with Crippen LogP contribution in [-0.2, 0) is 18.8 Å². The van der Waals surface area contributed by atoms with Crippen LogP contribution in [0.1, 0.15) is 54.9 Å². The normalized spacial score (nSPS) is 23.3. The van der Waals surface area contributed by atoms with Crippen molar-refractivity contribution < 1.29 is 18.8 Å². The van der Waals surface area contributed by atoms with Crippen LogP contribution in [0.2, 0.25) is 18.1 Å². The van der Waals surface area contributed by atoms with Gasteiger partial charge in [-0.3, -0.25) is 9.59 Å². The predicted octanol–water partition coefficient (Wildman–Crippen LogP) is 3.54. The summed E-state index contributed by atoms with van der Waals surface area (Å²) >= 11 is 0. The topological polar surface area (TPSA) is 55.8 Å². The molecule has 1 heterocycles. The molecule has 1 aliphatic heterocycles. The fourth-order valence-electron chi connectivity index (χ4n) is 2.28. The molecule has 1 saturated heterocycles. The van der Waals surface area contributed by atoms with Gasteiger partial charge in [-0.1, -0.05) is 27.7 Å². The molecule has 1 aliphatic rings. The average molecular weight is 344 g/mol. The van der Waals surface area contributed by atoms with Crippen LogP contribution in [0.5, 0.6) is 0 Å². The van der Waals surface area contributed by atoms with E-state index in [1.54, 1.807) is 4.90 Å². The highest BCUT2D eigenvalue weighted by molar-refractivity contribution is 6.74. The summed E-state index contributed by atoms with van der Waals surface area (Å²) in [4.78, 5) is 26.1. The van der Waals surface area contributed by atoms with Crippen molar-refractivity contribution in [2.75, 3.05) is 6.54 Å². The monoisotopic (exact) mass is 343 g/mol. The quantitative estimate of drug-likeness (QED) is 0.579. The van der Waals surface area contributed by atoms with E-state index in [0.29, 0.717) is 6.42 Å². The lowest BCUT2D eigenvalue weighted by Gasteiger charge is -2.40. The van der Waals surface area contributed by atoms with Gasteiger partial charge in [-0.25, -0.2) is 0 Å². The molecule has 134 valence electrons. The molecule has 6 heteroatoms. The highest BCUT2D eigenvalue weighted by Crippen LogP contribution is 2.39. The smallest absolute Gasteiger partial charge is 0.326 e. The van der Waals surface area contributed by atoms with E-state index in [4.69, 9.17) is 9.16 Å². The van der Waals surface area contributed by atoms with E-state index in [2.05, 4.69) is 33.9 Å². The number of ether oxygens (including phenoxy) is 1. The van der Waals surface area contributed by atoms with Crippen LogP contribution >= 0.6 is 0 Å². The van der Waals surface area contributed by atoms with Gasteiger partial charge in [0.25, 0.3) is 0 Å². The second-order valence-electron chi connectivity index (χ2n) is 9.02. The average Bonchev–Trinajstić information content (AvgIpc) is 2.52. The van der Waals surface area contributed by atoms with Crippen molar-refractivity contribution in [2.24, 2.45) is 5.92 Å². The van der Waals surface area contributed by atoms with Gasteiger partial charge in [0.05, 0.1) is 0 Å². The molecular weight excluding hydrogens is 310 g/mol. The molecule has 1 fully saturated rings. The van der Waals surface area contributed by atoms with E-state index in [9.17, 15) is 9.59 Å². The van der Waals surface area contributed by atoms with E-state index < -0.39 is 13.9 Å². The first-order valence-corrected chi connectivity index (χ1v) is 11.2. The van der Waals surface area contributed by atoms with Crippen molar-refractivity contribution in [3.05, 3.63) is 0 Å². The van der Waals surface area contributed by atoms with E-state index in [1.807, 2.05) is 27.7 Å². The number of carbonyl (C=O) groups is 2. The lowest BCUT2D eigenvalue weighted by atomic mass is 10.1. The number of hydrogen-bond acceptors (Lipinski definition) is 4. The number of likely N-dealkylation sites (tertiary alicyclic amines) is 1. The van der Waals surface area contributed by atoms with Gasteiger partial charge in [-0.05, 0) is 38.9 Å². The van der Waals surface area contributed by atoms with Crippen LogP contribution in [0.4, 0.5) is 0 Å². The van der Waals surface area contributed by atoms with Crippen LogP contribution in [0.3, 0.4) is 0 Å². The number of esters is 1. The van der Waals surface area contributed by atoms with Crippen LogP contribution in [0.15, 0.2) is 0 Å². The minimum absolute atomic E-state index is 0.0282. The zero-order chi connectivity index (χ0) is 18.2. The number of rotatable bonds is 4. The second kappa shape index (κ2) is 6.55. The summed E-state index contributed by atoms with van der Waals surface area (Å²) in [5.74, 6) is -0.532. The molecule has 0 aromatic heterocycles. The first-order valence-electron chi connectivity index (χ1n) is 8.34. The highest BCUT2D eigenvalue weighted by Gasteiger charge is 2.45. The number of hydrogen-bond donors (Lipinski definition) is 0. The van der Waals surface area contributed by atoms with Crippen molar-refractivity contribution in [3.8, 4) is 0 Å².